The quantitative estimate of drug-likeness (QED) is 0.920. The van der Waals surface area contributed by atoms with Crippen LogP contribution in [0, 0.1) is 11.2 Å². The minimum atomic E-state index is -0.493. The standard InChI is InChI=1S/C16H16FNO2S/c1-16(2,3)13(19)9-14-18-15(20)12(21-14)8-10-5-4-6-11(17)7-10/h4-9H,1-3H3,(H,18,20). The fourth-order valence-electron chi connectivity index (χ4n) is 1.61. The van der Waals surface area contributed by atoms with Crippen LogP contribution in [0.5, 0.6) is 0 Å². The second-order valence-electron chi connectivity index (χ2n) is 5.74. The van der Waals surface area contributed by atoms with Gasteiger partial charge in [0.25, 0.3) is 5.56 Å². The molecule has 5 heteroatoms. The maximum Gasteiger partial charge on any atom is 0.266 e. The Kier molecular flexibility index (Phi) is 4.23. The molecule has 0 spiro atoms. The van der Waals surface area contributed by atoms with Gasteiger partial charge in [-0.3, -0.25) is 9.59 Å². The van der Waals surface area contributed by atoms with Gasteiger partial charge in [0.2, 0.25) is 0 Å². The second kappa shape index (κ2) is 5.77. The molecular weight excluding hydrogens is 289 g/mol. The molecule has 1 heterocycles. The zero-order valence-electron chi connectivity index (χ0n) is 12.1. The molecule has 0 aliphatic heterocycles. The molecule has 1 aromatic heterocycles. The van der Waals surface area contributed by atoms with Crippen molar-refractivity contribution in [1.82, 2.24) is 4.98 Å². The average molecular weight is 305 g/mol. The number of carbonyl (C=O) groups is 1. The molecule has 21 heavy (non-hydrogen) atoms. The summed E-state index contributed by atoms with van der Waals surface area (Å²) in [4.78, 5) is 26.4. The third-order valence-electron chi connectivity index (χ3n) is 2.83. The van der Waals surface area contributed by atoms with E-state index < -0.39 is 5.41 Å². The SMILES string of the molecule is CC(C)(C)C(=O)C=c1[nH]c(=O)c(=Cc2cccc(F)c2)s1. The van der Waals surface area contributed by atoms with Crippen LogP contribution in [-0.2, 0) is 4.79 Å². The number of Topliss-reactive ketones (excluding diaryl/α,β-unsaturated/α-hetero) is 1. The largest absolute Gasteiger partial charge is 0.313 e. The number of rotatable bonds is 2. The van der Waals surface area contributed by atoms with E-state index >= 15 is 0 Å². The molecule has 0 saturated carbocycles. The first-order chi connectivity index (χ1) is 9.75. The lowest BCUT2D eigenvalue weighted by Gasteiger charge is -2.12. The Morgan fingerprint density at radius 1 is 1.33 bits per heavy atom. The van der Waals surface area contributed by atoms with Crippen LogP contribution in [0.2, 0.25) is 0 Å². The Hall–Kier alpha value is -2.01. The van der Waals surface area contributed by atoms with Gasteiger partial charge in [0.05, 0.1) is 9.20 Å². The molecule has 0 aliphatic carbocycles. The van der Waals surface area contributed by atoms with Crippen LogP contribution < -0.4 is 14.8 Å². The molecule has 0 unspecified atom stereocenters. The highest BCUT2D eigenvalue weighted by molar-refractivity contribution is 7.07. The highest BCUT2D eigenvalue weighted by atomic mass is 32.1. The summed E-state index contributed by atoms with van der Waals surface area (Å²) in [5.41, 5.74) is -0.166. The zero-order chi connectivity index (χ0) is 15.6. The number of carbonyl (C=O) groups excluding carboxylic acids is 1. The zero-order valence-corrected chi connectivity index (χ0v) is 12.9. The fraction of sp³-hybridized carbons (Fsp3) is 0.250. The summed E-state index contributed by atoms with van der Waals surface area (Å²) in [6, 6.07) is 5.99. The van der Waals surface area contributed by atoms with Crippen LogP contribution in [0.25, 0.3) is 12.2 Å². The lowest BCUT2D eigenvalue weighted by atomic mass is 9.91. The molecular formula is C16H16FNO2S. The van der Waals surface area contributed by atoms with Crippen molar-refractivity contribution in [2.45, 2.75) is 20.8 Å². The van der Waals surface area contributed by atoms with Crippen molar-refractivity contribution in [2.24, 2.45) is 5.41 Å². The van der Waals surface area contributed by atoms with E-state index in [1.807, 2.05) is 20.8 Å². The van der Waals surface area contributed by atoms with Crippen molar-refractivity contribution in [1.29, 1.82) is 0 Å². The van der Waals surface area contributed by atoms with Gasteiger partial charge in [-0.25, -0.2) is 4.39 Å². The van der Waals surface area contributed by atoms with Crippen molar-refractivity contribution >= 4 is 29.3 Å². The Balaban J connectivity index is 2.48. The van der Waals surface area contributed by atoms with Gasteiger partial charge in [-0.05, 0) is 23.8 Å². The Bertz CT molecular complexity index is 840. The summed E-state index contributed by atoms with van der Waals surface area (Å²) in [5, 5.41) is 0. The number of benzene rings is 1. The van der Waals surface area contributed by atoms with Gasteiger partial charge in [-0.1, -0.05) is 32.9 Å². The normalized spacial score (nSPS) is 13.7. The molecule has 0 amide bonds. The smallest absolute Gasteiger partial charge is 0.266 e. The minimum absolute atomic E-state index is 0.0581. The summed E-state index contributed by atoms with van der Waals surface area (Å²) in [6.45, 7) is 5.45. The number of hydrogen-bond acceptors (Lipinski definition) is 3. The van der Waals surface area contributed by atoms with Gasteiger partial charge in [0.15, 0.2) is 5.78 Å². The summed E-state index contributed by atoms with van der Waals surface area (Å²) in [6.07, 6.45) is 3.04. The van der Waals surface area contributed by atoms with Crippen LogP contribution in [-0.4, -0.2) is 10.8 Å². The molecule has 110 valence electrons. The molecule has 2 aromatic rings. The van der Waals surface area contributed by atoms with Gasteiger partial charge in [0, 0.05) is 11.5 Å². The van der Waals surface area contributed by atoms with Gasteiger partial charge >= 0.3 is 0 Å². The van der Waals surface area contributed by atoms with Crippen molar-refractivity contribution in [2.75, 3.05) is 0 Å². The van der Waals surface area contributed by atoms with Crippen LogP contribution in [0.15, 0.2) is 29.1 Å². The number of halogens is 1. The van der Waals surface area contributed by atoms with Crippen molar-refractivity contribution in [3.63, 3.8) is 0 Å². The van der Waals surface area contributed by atoms with E-state index in [1.165, 1.54) is 29.5 Å². The van der Waals surface area contributed by atoms with Gasteiger partial charge in [-0.2, -0.15) is 0 Å². The van der Waals surface area contributed by atoms with Crippen molar-refractivity contribution in [3.8, 4) is 0 Å². The number of aromatic nitrogens is 1. The molecule has 0 radical (unpaired) electrons. The van der Waals surface area contributed by atoms with Crippen molar-refractivity contribution < 1.29 is 9.18 Å². The summed E-state index contributed by atoms with van der Waals surface area (Å²) in [7, 11) is 0. The number of nitrogens with one attached hydrogen (secondary N) is 1. The van der Waals surface area contributed by atoms with Crippen LogP contribution in [0.4, 0.5) is 4.39 Å². The topological polar surface area (TPSA) is 49.9 Å². The minimum Gasteiger partial charge on any atom is -0.313 e. The van der Waals surface area contributed by atoms with E-state index in [0.29, 0.717) is 14.8 Å². The Labute approximate surface area is 125 Å². The summed E-state index contributed by atoms with van der Waals surface area (Å²) >= 11 is 1.18. The van der Waals surface area contributed by atoms with E-state index in [2.05, 4.69) is 4.98 Å². The number of aromatic amines is 1. The highest BCUT2D eigenvalue weighted by Crippen LogP contribution is 2.14. The number of hydrogen-bond donors (Lipinski definition) is 1. The predicted molar refractivity (Wildman–Crippen MR) is 83.1 cm³/mol. The number of thiazole rings is 1. The molecule has 0 fully saturated rings. The average Bonchev–Trinajstić information content (AvgIpc) is 2.68. The van der Waals surface area contributed by atoms with E-state index in [4.69, 9.17) is 0 Å². The van der Waals surface area contributed by atoms with E-state index in [-0.39, 0.29) is 17.2 Å². The van der Waals surface area contributed by atoms with Crippen molar-refractivity contribution in [3.05, 3.63) is 55.2 Å². The Morgan fingerprint density at radius 2 is 2.05 bits per heavy atom. The Morgan fingerprint density at radius 3 is 2.67 bits per heavy atom. The second-order valence-corrected chi connectivity index (χ2v) is 6.83. The maximum atomic E-state index is 13.1. The summed E-state index contributed by atoms with van der Waals surface area (Å²) in [5.74, 6) is -0.413. The maximum absolute atomic E-state index is 13.1. The lowest BCUT2D eigenvalue weighted by Crippen LogP contribution is -2.22. The molecule has 0 bridgehead atoms. The van der Waals surface area contributed by atoms with Gasteiger partial charge in [0.1, 0.15) is 5.82 Å². The highest BCUT2D eigenvalue weighted by Gasteiger charge is 2.18. The third-order valence-corrected chi connectivity index (χ3v) is 3.79. The van der Waals surface area contributed by atoms with Crippen LogP contribution in [0.3, 0.4) is 0 Å². The first-order valence-electron chi connectivity index (χ1n) is 6.48. The number of H-pyrrole nitrogens is 1. The lowest BCUT2D eigenvalue weighted by molar-refractivity contribution is -0.119. The fourth-order valence-corrected chi connectivity index (χ4v) is 2.49. The van der Waals surface area contributed by atoms with Gasteiger partial charge in [-0.15, -0.1) is 11.3 Å². The molecule has 2 rings (SSSR count). The molecule has 3 nitrogen and oxygen atoms in total. The van der Waals surface area contributed by atoms with E-state index in [9.17, 15) is 14.0 Å². The first-order valence-corrected chi connectivity index (χ1v) is 7.30. The van der Waals surface area contributed by atoms with E-state index in [1.54, 1.807) is 18.2 Å². The first kappa shape index (κ1) is 15.4. The van der Waals surface area contributed by atoms with Gasteiger partial charge < -0.3 is 4.98 Å². The van der Waals surface area contributed by atoms with E-state index in [0.717, 1.165) is 0 Å². The number of ketones is 1. The molecule has 0 atom stereocenters. The third kappa shape index (κ3) is 3.98. The predicted octanol–water partition coefficient (Wildman–Crippen LogP) is 1.80. The summed E-state index contributed by atoms with van der Waals surface area (Å²) < 4.78 is 14.1. The van der Waals surface area contributed by atoms with Crippen LogP contribution in [0.1, 0.15) is 26.3 Å². The van der Waals surface area contributed by atoms with Crippen LogP contribution >= 0.6 is 11.3 Å². The molecule has 1 aromatic carbocycles. The molecule has 0 saturated heterocycles. The molecule has 0 aliphatic rings. The monoisotopic (exact) mass is 305 g/mol. The molecule has 1 N–H and O–H groups in total.